The van der Waals surface area contributed by atoms with Crippen molar-refractivity contribution in [1.82, 2.24) is 14.7 Å². The van der Waals surface area contributed by atoms with E-state index in [2.05, 4.69) is 15.1 Å². The lowest BCUT2D eigenvalue weighted by molar-refractivity contribution is -0.132. The molecule has 0 bridgehead atoms. The van der Waals surface area contributed by atoms with Crippen LogP contribution in [0.2, 0.25) is 5.02 Å². The van der Waals surface area contributed by atoms with Crippen LogP contribution in [0.15, 0.2) is 18.2 Å². The largest absolute Gasteiger partial charge is 0.342 e. The average molecular weight is 425 g/mol. The van der Waals surface area contributed by atoms with Crippen LogP contribution in [0.5, 0.6) is 0 Å². The SMILES string of the molecule is O=C(CCN1CCN(CC(=O)N2CCCCCC2)CC1)Nc1ccc(Cl)cc1F. The average Bonchev–Trinajstić information content (AvgIpc) is 2.99. The van der Waals surface area contributed by atoms with E-state index in [4.69, 9.17) is 11.6 Å². The van der Waals surface area contributed by atoms with Crippen LogP contribution in [-0.4, -0.2) is 78.9 Å². The minimum Gasteiger partial charge on any atom is -0.342 e. The van der Waals surface area contributed by atoms with E-state index in [1.165, 1.54) is 25.0 Å². The lowest BCUT2D eigenvalue weighted by Crippen LogP contribution is -2.50. The molecule has 2 aliphatic rings. The summed E-state index contributed by atoms with van der Waals surface area (Å²) in [6.45, 7) is 6.20. The predicted octanol–water partition coefficient (Wildman–Crippen LogP) is 2.83. The van der Waals surface area contributed by atoms with E-state index in [0.717, 1.165) is 52.1 Å². The summed E-state index contributed by atoms with van der Waals surface area (Å²) >= 11 is 5.72. The summed E-state index contributed by atoms with van der Waals surface area (Å²) in [4.78, 5) is 31.1. The molecule has 29 heavy (non-hydrogen) atoms. The fourth-order valence-corrected chi connectivity index (χ4v) is 4.00. The molecule has 0 spiro atoms. The first-order valence-electron chi connectivity index (χ1n) is 10.5. The Balaban J connectivity index is 1.35. The fourth-order valence-electron chi connectivity index (χ4n) is 3.85. The minimum absolute atomic E-state index is 0.149. The van der Waals surface area contributed by atoms with Gasteiger partial charge in [0.05, 0.1) is 12.2 Å². The Morgan fingerprint density at radius 3 is 2.28 bits per heavy atom. The van der Waals surface area contributed by atoms with Gasteiger partial charge in [-0.25, -0.2) is 4.39 Å². The standard InChI is InChI=1S/C21H30ClFN4O2/c22-17-5-6-19(18(23)15-17)24-20(28)7-10-25-11-13-26(14-12-25)16-21(29)27-8-3-1-2-4-9-27/h5-6,15H,1-4,7-14,16H2,(H,24,28). The maximum atomic E-state index is 13.8. The lowest BCUT2D eigenvalue weighted by Gasteiger charge is -2.35. The van der Waals surface area contributed by atoms with E-state index in [0.29, 0.717) is 24.5 Å². The molecule has 2 heterocycles. The van der Waals surface area contributed by atoms with Crippen LogP contribution in [0, 0.1) is 5.82 Å². The number of nitrogens with one attached hydrogen (secondary N) is 1. The second kappa shape index (κ2) is 10.9. The second-order valence-electron chi connectivity index (χ2n) is 7.84. The van der Waals surface area contributed by atoms with Gasteiger partial charge in [-0.3, -0.25) is 14.5 Å². The zero-order valence-electron chi connectivity index (χ0n) is 16.8. The van der Waals surface area contributed by atoms with Crippen LogP contribution in [-0.2, 0) is 9.59 Å². The van der Waals surface area contributed by atoms with E-state index in [1.54, 1.807) is 6.07 Å². The monoisotopic (exact) mass is 424 g/mol. The van der Waals surface area contributed by atoms with Crippen LogP contribution < -0.4 is 5.32 Å². The van der Waals surface area contributed by atoms with E-state index < -0.39 is 5.82 Å². The lowest BCUT2D eigenvalue weighted by atomic mass is 10.2. The quantitative estimate of drug-likeness (QED) is 0.763. The molecule has 0 saturated carbocycles. The number of benzene rings is 1. The van der Waals surface area contributed by atoms with Crippen molar-refractivity contribution in [2.45, 2.75) is 32.1 Å². The number of halogens is 2. The fraction of sp³-hybridized carbons (Fsp3) is 0.619. The Morgan fingerprint density at radius 2 is 1.62 bits per heavy atom. The molecule has 2 aliphatic heterocycles. The third-order valence-corrected chi connectivity index (χ3v) is 5.88. The molecule has 0 unspecified atom stereocenters. The van der Waals surface area contributed by atoms with Gasteiger partial charge < -0.3 is 15.1 Å². The van der Waals surface area contributed by atoms with Gasteiger partial charge in [-0.15, -0.1) is 0 Å². The minimum atomic E-state index is -0.534. The highest BCUT2D eigenvalue weighted by Crippen LogP contribution is 2.19. The molecule has 3 rings (SSSR count). The maximum Gasteiger partial charge on any atom is 0.236 e. The predicted molar refractivity (Wildman–Crippen MR) is 113 cm³/mol. The topological polar surface area (TPSA) is 55.9 Å². The van der Waals surface area contributed by atoms with E-state index >= 15 is 0 Å². The van der Waals surface area contributed by atoms with Gasteiger partial charge in [-0.05, 0) is 31.0 Å². The molecule has 2 saturated heterocycles. The molecule has 2 amide bonds. The smallest absolute Gasteiger partial charge is 0.236 e. The molecule has 0 atom stereocenters. The first-order chi connectivity index (χ1) is 14.0. The zero-order valence-corrected chi connectivity index (χ0v) is 17.6. The molecule has 6 nitrogen and oxygen atoms in total. The van der Waals surface area contributed by atoms with Gasteiger partial charge in [0.1, 0.15) is 5.82 Å². The first-order valence-corrected chi connectivity index (χ1v) is 10.9. The summed E-state index contributed by atoms with van der Waals surface area (Å²) in [7, 11) is 0. The molecule has 1 aromatic rings. The number of likely N-dealkylation sites (tertiary alicyclic amines) is 1. The Morgan fingerprint density at radius 1 is 0.966 bits per heavy atom. The van der Waals surface area contributed by atoms with Crippen LogP contribution in [0.4, 0.5) is 10.1 Å². The molecule has 0 radical (unpaired) electrons. The second-order valence-corrected chi connectivity index (χ2v) is 8.27. The van der Waals surface area contributed by atoms with Crippen molar-refractivity contribution in [2.24, 2.45) is 0 Å². The summed E-state index contributed by atoms with van der Waals surface area (Å²) in [6, 6.07) is 4.20. The van der Waals surface area contributed by atoms with Crippen LogP contribution >= 0.6 is 11.6 Å². The molecular weight excluding hydrogens is 395 g/mol. The van der Waals surface area contributed by atoms with Gasteiger partial charge in [0.25, 0.3) is 0 Å². The zero-order chi connectivity index (χ0) is 20.6. The van der Waals surface area contributed by atoms with Gasteiger partial charge >= 0.3 is 0 Å². The Bertz CT molecular complexity index is 702. The molecular formula is C21H30ClFN4O2. The highest BCUT2D eigenvalue weighted by Gasteiger charge is 2.22. The van der Waals surface area contributed by atoms with Crippen molar-refractivity contribution < 1.29 is 14.0 Å². The number of hydrogen-bond acceptors (Lipinski definition) is 4. The highest BCUT2D eigenvalue weighted by molar-refractivity contribution is 6.30. The Hall–Kier alpha value is -1.70. The number of rotatable bonds is 6. The van der Waals surface area contributed by atoms with E-state index in [1.807, 2.05) is 4.90 Å². The molecule has 160 valence electrons. The Labute approximate surface area is 177 Å². The molecule has 1 aromatic carbocycles. The van der Waals surface area contributed by atoms with Crippen LogP contribution in [0.1, 0.15) is 32.1 Å². The van der Waals surface area contributed by atoms with Crippen molar-refractivity contribution in [3.8, 4) is 0 Å². The third kappa shape index (κ3) is 6.94. The normalized spacial score (nSPS) is 19.0. The number of piperazine rings is 1. The molecule has 8 heteroatoms. The number of nitrogens with zero attached hydrogens (tertiary/aromatic N) is 3. The first kappa shape index (κ1) is 22.0. The molecule has 0 aromatic heterocycles. The van der Waals surface area contributed by atoms with Gasteiger partial charge in [-0.2, -0.15) is 0 Å². The summed E-state index contributed by atoms with van der Waals surface area (Å²) in [5, 5.41) is 2.89. The van der Waals surface area contributed by atoms with Crippen LogP contribution in [0.25, 0.3) is 0 Å². The van der Waals surface area contributed by atoms with Crippen molar-refractivity contribution >= 4 is 29.1 Å². The summed E-state index contributed by atoms with van der Waals surface area (Å²) in [5.41, 5.74) is 0.149. The number of hydrogen-bond donors (Lipinski definition) is 1. The van der Waals surface area contributed by atoms with Crippen molar-refractivity contribution in [1.29, 1.82) is 0 Å². The highest BCUT2D eigenvalue weighted by atomic mass is 35.5. The third-order valence-electron chi connectivity index (χ3n) is 5.64. The maximum absolute atomic E-state index is 13.8. The van der Waals surface area contributed by atoms with Crippen molar-refractivity contribution in [2.75, 3.05) is 57.7 Å². The number of carbonyl (C=O) groups is 2. The van der Waals surface area contributed by atoms with Crippen LogP contribution in [0.3, 0.4) is 0 Å². The van der Waals surface area contributed by atoms with Gasteiger partial charge in [0.2, 0.25) is 11.8 Å². The summed E-state index contributed by atoms with van der Waals surface area (Å²) in [6.07, 6.45) is 4.97. The summed E-state index contributed by atoms with van der Waals surface area (Å²) < 4.78 is 13.8. The van der Waals surface area contributed by atoms with E-state index in [9.17, 15) is 14.0 Å². The number of anilines is 1. The van der Waals surface area contributed by atoms with Gasteiger partial charge in [0, 0.05) is 57.3 Å². The number of amides is 2. The van der Waals surface area contributed by atoms with Crippen molar-refractivity contribution in [3.05, 3.63) is 29.0 Å². The summed E-state index contributed by atoms with van der Waals surface area (Å²) in [5.74, 6) is -0.511. The number of carbonyl (C=O) groups excluding carboxylic acids is 2. The van der Waals surface area contributed by atoms with Gasteiger partial charge in [-0.1, -0.05) is 24.4 Å². The molecule has 2 fully saturated rings. The molecule has 0 aliphatic carbocycles. The van der Waals surface area contributed by atoms with Crippen molar-refractivity contribution in [3.63, 3.8) is 0 Å². The molecule has 1 N–H and O–H groups in total. The Kier molecular flexibility index (Phi) is 8.27. The van der Waals surface area contributed by atoms with Gasteiger partial charge in [0.15, 0.2) is 0 Å². The van der Waals surface area contributed by atoms with E-state index in [-0.39, 0.29) is 17.5 Å².